The van der Waals surface area contributed by atoms with Crippen LogP contribution in [-0.2, 0) is 0 Å². The number of thioether (sulfide) groups is 1. The Labute approximate surface area is 141 Å². The van der Waals surface area contributed by atoms with Gasteiger partial charge in [0.25, 0.3) is 0 Å². The van der Waals surface area contributed by atoms with Crippen LogP contribution in [0, 0.1) is 5.41 Å². The summed E-state index contributed by atoms with van der Waals surface area (Å²) in [7, 11) is 0. The van der Waals surface area contributed by atoms with Crippen LogP contribution in [0.4, 0.5) is 10.5 Å². The molecule has 3 aliphatic rings. The van der Waals surface area contributed by atoms with Crippen LogP contribution < -0.4 is 4.90 Å². The molecule has 3 heterocycles. The number of benzene rings is 1. The number of rotatable bonds is 0. The summed E-state index contributed by atoms with van der Waals surface area (Å²) >= 11 is 1.96. The molecular formula is C18H24N2O2S. The number of fused-ring (bicyclic) bond motifs is 3. The summed E-state index contributed by atoms with van der Waals surface area (Å²) in [6.07, 6.45) is 0.152. The molecule has 4 rings (SSSR count). The SMILES string of the molecule is CC(C)(C)C1CSc2cccc3c2N1[C@@H]1CCN(C(=O)O)C[C@H]31. The maximum absolute atomic E-state index is 11.4. The highest BCUT2D eigenvalue weighted by molar-refractivity contribution is 7.99. The normalized spacial score (nSPS) is 29.3. The highest BCUT2D eigenvalue weighted by atomic mass is 32.2. The summed E-state index contributed by atoms with van der Waals surface area (Å²) in [6, 6.07) is 7.54. The second kappa shape index (κ2) is 5.07. The van der Waals surface area contributed by atoms with Crippen LogP contribution in [0.1, 0.15) is 38.7 Å². The molecule has 5 heteroatoms. The molecule has 23 heavy (non-hydrogen) atoms. The van der Waals surface area contributed by atoms with E-state index in [4.69, 9.17) is 0 Å². The van der Waals surface area contributed by atoms with Crippen molar-refractivity contribution in [1.29, 1.82) is 0 Å². The van der Waals surface area contributed by atoms with Gasteiger partial charge in [0.2, 0.25) is 0 Å². The van der Waals surface area contributed by atoms with Gasteiger partial charge < -0.3 is 14.9 Å². The lowest BCUT2D eigenvalue weighted by Gasteiger charge is -2.48. The standard InChI is InChI=1S/C18H24N2O2S/c1-18(2,3)15-10-23-14-6-4-5-11-12-9-19(17(21)22)8-7-13(12)20(15)16(11)14/h4-6,12-13,15H,7-10H2,1-3H3,(H,21,22)/t12-,13-,15?/m1/s1. The molecule has 3 atom stereocenters. The smallest absolute Gasteiger partial charge is 0.407 e. The molecule has 1 aromatic rings. The highest BCUT2D eigenvalue weighted by Gasteiger charge is 2.49. The van der Waals surface area contributed by atoms with E-state index in [0.717, 1.165) is 12.2 Å². The molecule has 1 amide bonds. The number of nitrogens with zero attached hydrogens (tertiary/aromatic N) is 2. The van der Waals surface area contributed by atoms with Crippen LogP contribution in [0.5, 0.6) is 0 Å². The number of hydrogen-bond acceptors (Lipinski definition) is 3. The fourth-order valence-corrected chi connectivity index (χ4v) is 5.99. The van der Waals surface area contributed by atoms with E-state index in [2.05, 4.69) is 43.9 Å². The Bertz CT molecular complexity index is 655. The molecule has 0 spiro atoms. The van der Waals surface area contributed by atoms with E-state index < -0.39 is 6.09 Å². The molecule has 0 saturated carbocycles. The molecule has 124 valence electrons. The summed E-state index contributed by atoms with van der Waals surface area (Å²) in [5.41, 5.74) is 2.97. The number of para-hydroxylation sites is 1. The zero-order valence-corrected chi connectivity index (χ0v) is 14.8. The summed E-state index contributed by atoms with van der Waals surface area (Å²) in [4.78, 5) is 17.0. The number of piperidine rings is 1. The first-order valence-corrected chi connectivity index (χ1v) is 9.38. The average Bonchev–Trinajstić information content (AvgIpc) is 2.83. The Morgan fingerprint density at radius 2 is 2.13 bits per heavy atom. The maximum atomic E-state index is 11.4. The van der Waals surface area contributed by atoms with Crippen molar-refractivity contribution in [3.63, 3.8) is 0 Å². The third kappa shape index (κ3) is 2.24. The maximum Gasteiger partial charge on any atom is 0.407 e. The van der Waals surface area contributed by atoms with E-state index >= 15 is 0 Å². The molecule has 1 unspecified atom stereocenters. The van der Waals surface area contributed by atoms with Crippen LogP contribution in [0.3, 0.4) is 0 Å². The molecule has 4 nitrogen and oxygen atoms in total. The van der Waals surface area contributed by atoms with Gasteiger partial charge >= 0.3 is 6.09 Å². The van der Waals surface area contributed by atoms with Gasteiger partial charge in [0.05, 0.1) is 5.69 Å². The van der Waals surface area contributed by atoms with Crippen molar-refractivity contribution in [2.75, 3.05) is 23.7 Å². The van der Waals surface area contributed by atoms with Crippen LogP contribution >= 0.6 is 11.8 Å². The minimum Gasteiger partial charge on any atom is -0.465 e. The minimum absolute atomic E-state index is 0.219. The fraction of sp³-hybridized carbons (Fsp3) is 0.611. The Morgan fingerprint density at radius 1 is 1.35 bits per heavy atom. The number of anilines is 1. The van der Waals surface area contributed by atoms with E-state index in [-0.39, 0.29) is 5.41 Å². The highest BCUT2D eigenvalue weighted by Crippen LogP contribution is 2.54. The van der Waals surface area contributed by atoms with Crippen molar-refractivity contribution in [1.82, 2.24) is 4.90 Å². The Balaban J connectivity index is 1.79. The van der Waals surface area contributed by atoms with Crippen molar-refractivity contribution < 1.29 is 9.90 Å². The Morgan fingerprint density at radius 3 is 2.83 bits per heavy atom. The van der Waals surface area contributed by atoms with E-state index in [1.807, 2.05) is 11.8 Å². The predicted molar refractivity (Wildman–Crippen MR) is 93.6 cm³/mol. The first kappa shape index (κ1) is 15.2. The van der Waals surface area contributed by atoms with Gasteiger partial charge in [-0.15, -0.1) is 11.8 Å². The van der Waals surface area contributed by atoms with Crippen LogP contribution in [0.15, 0.2) is 23.1 Å². The summed E-state index contributed by atoms with van der Waals surface area (Å²) in [5, 5.41) is 9.39. The van der Waals surface area contributed by atoms with Crippen molar-refractivity contribution in [3.05, 3.63) is 23.8 Å². The zero-order chi connectivity index (χ0) is 16.4. The molecule has 1 aromatic carbocycles. The van der Waals surface area contributed by atoms with Crippen LogP contribution in [0.2, 0.25) is 0 Å². The quantitative estimate of drug-likeness (QED) is 0.783. The molecule has 1 saturated heterocycles. The first-order valence-electron chi connectivity index (χ1n) is 8.40. The van der Waals surface area contributed by atoms with Gasteiger partial charge in [-0.1, -0.05) is 32.9 Å². The number of hydrogen-bond donors (Lipinski definition) is 1. The van der Waals surface area contributed by atoms with Crippen molar-refractivity contribution in [2.45, 2.75) is 50.1 Å². The molecule has 0 bridgehead atoms. The number of carbonyl (C=O) groups is 1. The summed E-state index contributed by atoms with van der Waals surface area (Å²) < 4.78 is 0. The van der Waals surface area contributed by atoms with Crippen molar-refractivity contribution in [2.24, 2.45) is 5.41 Å². The van der Waals surface area contributed by atoms with Crippen molar-refractivity contribution >= 4 is 23.5 Å². The first-order chi connectivity index (χ1) is 10.9. The number of amides is 1. The van der Waals surface area contributed by atoms with Gasteiger partial charge in [-0.25, -0.2) is 4.79 Å². The number of likely N-dealkylation sites (tertiary alicyclic amines) is 1. The van der Waals surface area contributed by atoms with Gasteiger partial charge in [-0.2, -0.15) is 0 Å². The summed E-state index contributed by atoms with van der Waals surface area (Å²) in [5.74, 6) is 1.43. The van der Waals surface area contributed by atoms with Gasteiger partial charge in [-0.3, -0.25) is 0 Å². The van der Waals surface area contributed by atoms with Crippen LogP contribution in [0.25, 0.3) is 0 Å². The van der Waals surface area contributed by atoms with Gasteiger partial charge in [0.15, 0.2) is 0 Å². The van der Waals surface area contributed by atoms with E-state index in [9.17, 15) is 9.90 Å². The molecule has 0 radical (unpaired) electrons. The third-order valence-corrected chi connectivity index (χ3v) is 6.75. The lowest BCUT2D eigenvalue weighted by Crippen LogP contribution is -2.55. The van der Waals surface area contributed by atoms with Gasteiger partial charge in [-0.05, 0) is 23.5 Å². The van der Waals surface area contributed by atoms with E-state index in [1.165, 1.54) is 16.1 Å². The van der Waals surface area contributed by atoms with Crippen molar-refractivity contribution in [3.8, 4) is 0 Å². The Hall–Kier alpha value is -1.36. The van der Waals surface area contributed by atoms with Gasteiger partial charge in [0.1, 0.15) is 0 Å². The molecule has 1 N–H and O–H groups in total. The lowest BCUT2D eigenvalue weighted by molar-refractivity contribution is 0.124. The molecule has 1 fully saturated rings. The van der Waals surface area contributed by atoms with Crippen LogP contribution in [-0.4, -0.2) is 47.0 Å². The Kier molecular flexibility index (Phi) is 3.34. The third-order valence-electron chi connectivity index (χ3n) is 5.62. The largest absolute Gasteiger partial charge is 0.465 e. The summed E-state index contributed by atoms with van der Waals surface area (Å²) in [6.45, 7) is 8.26. The molecule has 3 aliphatic heterocycles. The topological polar surface area (TPSA) is 43.8 Å². The van der Waals surface area contributed by atoms with E-state index in [0.29, 0.717) is 31.1 Å². The lowest BCUT2D eigenvalue weighted by atomic mass is 9.84. The minimum atomic E-state index is -0.781. The number of carboxylic acid groups (broad SMARTS) is 1. The van der Waals surface area contributed by atoms with E-state index in [1.54, 1.807) is 4.90 Å². The second-order valence-electron chi connectivity index (χ2n) is 7.99. The predicted octanol–water partition coefficient (Wildman–Crippen LogP) is 3.86. The monoisotopic (exact) mass is 332 g/mol. The average molecular weight is 332 g/mol. The molecular weight excluding hydrogens is 308 g/mol. The van der Waals surface area contributed by atoms with Gasteiger partial charge in [0, 0.05) is 41.7 Å². The zero-order valence-electron chi connectivity index (χ0n) is 14.0. The molecule has 0 aliphatic carbocycles. The fourth-order valence-electron chi connectivity index (χ4n) is 4.45. The molecule has 0 aromatic heterocycles. The second-order valence-corrected chi connectivity index (χ2v) is 9.05.